The number of aromatic nitrogens is 2. The van der Waals surface area contributed by atoms with Crippen LogP contribution >= 0.6 is 22.6 Å². The van der Waals surface area contributed by atoms with Crippen LogP contribution in [0.3, 0.4) is 0 Å². The number of aryl methyl sites for hydroxylation is 2. The number of halogens is 1. The van der Waals surface area contributed by atoms with Crippen LogP contribution in [0.2, 0.25) is 0 Å². The van der Waals surface area contributed by atoms with Crippen LogP contribution in [0.25, 0.3) is 0 Å². The maximum atomic E-state index is 4.59. The summed E-state index contributed by atoms with van der Waals surface area (Å²) in [4.78, 5) is 0. The van der Waals surface area contributed by atoms with Crippen LogP contribution in [0.1, 0.15) is 82.5 Å². The second-order valence-electron chi connectivity index (χ2n) is 5.89. The topological polar surface area (TPSA) is 17.8 Å². The van der Waals surface area contributed by atoms with Crippen molar-refractivity contribution in [2.45, 2.75) is 91.5 Å². The summed E-state index contributed by atoms with van der Waals surface area (Å²) in [7, 11) is 0. The highest BCUT2D eigenvalue weighted by atomic mass is 127. The molecule has 0 fully saturated rings. The number of unbranched alkanes of at least 4 members (excludes halogenated alkanes) is 9. The zero-order valence-corrected chi connectivity index (χ0v) is 15.7. The summed E-state index contributed by atoms with van der Waals surface area (Å²) >= 11 is 2.40. The minimum atomic E-state index is 1.09. The lowest BCUT2D eigenvalue weighted by Crippen LogP contribution is -2.02. The smallest absolute Gasteiger partial charge is 0.0729 e. The van der Waals surface area contributed by atoms with Gasteiger partial charge in [0.2, 0.25) is 0 Å². The largest absolute Gasteiger partial charge is 0.269 e. The predicted molar refractivity (Wildman–Crippen MR) is 96.3 cm³/mol. The Morgan fingerprint density at radius 1 is 0.850 bits per heavy atom. The zero-order valence-electron chi connectivity index (χ0n) is 13.6. The molecule has 1 aromatic rings. The Balaban J connectivity index is 1.98. The fourth-order valence-electron chi connectivity index (χ4n) is 2.64. The van der Waals surface area contributed by atoms with Crippen LogP contribution in [0.5, 0.6) is 0 Å². The second kappa shape index (κ2) is 10.6. The van der Waals surface area contributed by atoms with Crippen LogP contribution in [-0.4, -0.2) is 9.78 Å². The molecule has 0 spiro atoms. The van der Waals surface area contributed by atoms with Gasteiger partial charge in [0.15, 0.2) is 0 Å². The minimum Gasteiger partial charge on any atom is -0.269 e. The van der Waals surface area contributed by atoms with E-state index in [9.17, 15) is 0 Å². The van der Waals surface area contributed by atoms with Crippen LogP contribution in [-0.2, 0) is 6.54 Å². The van der Waals surface area contributed by atoms with Crippen molar-refractivity contribution in [1.29, 1.82) is 0 Å². The van der Waals surface area contributed by atoms with E-state index in [4.69, 9.17) is 0 Å². The number of nitrogens with zero attached hydrogens (tertiary/aromatic N) is 2. The Labute approximate surface area is 138 Å². The van der Waals surface area contributed by atoms with Crippen molar-refractivity contribution in [1.82, 2.24) is 9.78 Å². The Hall–Kier alpha value is -0.0600. The summed E-state index contributed by atoms with van der Waals surface area (Å²) in [6, 6.07) is 0. The Morgan fingerprint density at radius 2 is 1.35 bits per heavy atom. The Kier molecular flexibility index (Phi) is 9.57. The summed E-state index contributed by atoms with van der Waals surface area (Å²) in [5.74, 6) is 0. The Bertz CT molecular complexity index is 371. The van der Waals surface area contributed by atoms with Crippen molar-refractivity contribution in [2.24, 2.45) is 0 Å². The third kappa shape index (κ3) is 6.59. The van der Waals surface area contributed by atoms with E-state index in [2.05, 4.69) is 53.1 Å². The van der Waals surface area contributed by atoms with Gasteiger partial charge in [0.1, 0.15) is 0 Å². The molecule has 0 bridgehead atoms. The van der Waals surface area contributed by atoms with Crippen molar-refractivity contribution in [3.8, 4) is 0 Å². The van der Waals surface area contributed by atoms with E-state index in [1.807, 2.05) is 0 Å². The van der Waals surface area contributed by atoms with Gasteiger partial charge in [-0.25, -0.2) is 0 Å². The van der Waals surface area contributed by atoms with Gasteiger partial charge in [-0.1, -0.05) is 64.7 Å². The van der Waals surface area contributed by atoms with Crippen molar-refractivity contribution in [3.63, 3.8) is 0 Å². The van der Waals surface area contributed by atoms with Gasteiger partial charge in [-0.05, 0) is 42.9 Å². The maximum absolute atomic E-state index is 4.59. The normalized spacial score (nSPS) is 11.2. The minimum absolute atomic E-state index is 1.09. The van der Waals surface area contributed by atoms with Crippen LogP contribution < -0.4 is 0 Å². The van der Waals surface area contributed by atoms with Gasteiger partial charge < -0.3 is 0 Å². The quantitative estimate of drug-likeness (QED) is 0.333. The first kappa shape index (κ1) is 18.0. The molecule has 1 heterocycles. The van der Waals surface area contributed by atoms with Crippen molar-refractivity contribution >= 4 is 22.6 Å². The van der Waals surface area contributed by atoms with E-state index in [1.165, 1.54) is 79.2 Å². The summed E-state index contributed by atoms with van der Waals surface area (Å²) in [6.07, 6.45) is 14.0. The monoisotopic (exact) mass is 390 g/mol. The number of rotatable bonds is 11. The molecule has 1 rings (SSSR count). The molecule has 0 amide bonds. The van der Waals surface area contributed by atoms with Gasteiger partial charge in [-0.3, -0.25) is 4.68 Å². The van der Waals surface area contributed by atoms with E-state index in [1.54, 1.807) is 0 Å². The van der Waals surface area contributed by atoms with Gasteiger partial charge in [-0.15, -0.1) is 0 Å². The summed E-state index contributed by atoms with van der Waals surface area (Å²) in [6.45, 7) is 7.65. The predicted octanol–water partition coefficient (Wildman–Crippen LogP) is 6.03. The summed E-state index contributed by atoms with van der Waals surface area (Å²) < 4.78 is 3.51. The van der Waals surface area contributed by atoms with Crippen LogP contribution in [0.15, 0.2) is 0 Å². The maximum Gasteiger partial charge on any atom is 0.0729 e. The van der Waals surface area contributed by atoms with E-state index < -0.39 is 0 Å². The zero-order chi connectivity index (χ0) is 14.8. The van der Waals surface area contributed by atoms with E-state index in [-0.39, 0.29) is 0 Å². The molecule has 0 atom stereocenters. The van der Waals surface area contributed by atoms with Crippen molar-refractivity contribution in [3.05, 3.63) is 15.0 Å². The molecule has 1 aromatic heterocycles. The van der Waals surface area contributed by atoms with Gasteiger partial charge in [-0.2, -0.15) is 5.10 Å². The average molecular weight is 390 g/mol. The summed E-state index contributed by atoms with van der Waals surface area (Å²) in [5, 5.41) is 4.59. The molecule has 20 heavy (non-hydrogen) atoms. The molecule has 0 saturated heterocycles. The number of hydrogen-bond acceptors (Lipinski definition) is 1. The third-order valence-electron chi connectivity index (χ3n) is 4.02. The van der Waals surface area contributed by atoms with Gasteiger partial charge in [0, 0.05) is 12.2 Å². The van der Waals surface area contributed by atoms with Crippen molar-refractivity contribution < 1.29 is 0 Å². The van der Waals surface area contributed by atoms with E-state index in [0.29, 0.717) is 0 Å². The standard InChI is InChI=1S/C17H31IN2/c1-4-5-6-7-8-9-10-11-12-13-14-20-16(3)17(18)15(2)19-20/h4-14H2,1-3H3. The molecule has 0 aliphatic rings. The third-order valence-corrected chi connectivity index (χ3v) is 5.58. The highest BCUT2D eigenvalue weighted by molar-refractivity contribution is 14.1. The second-order valence-corrected chi connectivity index (χ2v) is 6.97. The first-order valence-electron chi connectivity index (χ1n) is 8.36. The summed E-state index contributed by atoms with van der Waals surface area (Å²) in [5.41, 5.74) is 2.51. The number of hydrogen-bond donors (Lipinski definition) is 0. The van der Waals surface area contributed by atoms with Gasteiger partial charge >= 0.3 is 0 Å². The fraction of sp³-hybridized carbons (Fsp3) is 0.824. The fourth-order valence-corrected chi connectivity index (χ4v) is 3.03. The Morgan fingerprint density at radius 3 is 1.80 bits per heavy atom. The molecule has 0 aromatic carbocycles. The molecule has 2 nitrogen and oxygen atoms in total. The van der Waals surface area contributed by atoms with Gasteiger partial charge in [0.25, 0.3) is 0 Å². The SMILES string of the molecule is CCCCCCCCCCCCn1nc(C)c(I)c1C. The average Bonchev–Trinajstić information content (AvgIpc) is 2.68. The van der Waals surface area contributed by atoms with Crippen LogP contribution in [0.4, 0.5) is 0 Å². The van der Waals surface area contributed by atoms with E-state index in [0.717, 1.165) is 6.54 Å². The highest BCUT2D eigenvalue weighted by Gasteiger charge is 2.07. The van der Waals surface area contributed by atoms with Crippen molar-refractivity contribution in [2.75, 3.05) is 0 Å². The molecule has 0 unspecified atom stereocenters. The lowest BCUT2D eigenvalue weighted by Gasteiger charge is -2.05. The first-order chi connectivity index (χ1) is 9.66. The molecule has 0 aliphatic heterocycles. The molecule has 3 heteroatoms. The van der Waals surface area contributed by atoms with E-state index >= 15 is 0 Å². The lowest BCUT2D eigenvalue weighted by molar-refractivity contribution is 0.508. The molecular formula is C17H31IN2. The molecule has 0 saturated carbocycles. The molecule has 0 N–H and O–H groups in total. The highest BCUT2D eigenvalue weighted by Crippen LogP contribution is 2.16. The first-order valence-corrected chi connectivity index (χ1v) is 9.44. The molecule has 0 radical (unpaired) electrons. The van der Waals surface area contributed by atoms with Crippen LogP contribution in [0, 0.1) is 17.4 Å². The molecule has 0 aliphatic carbocycles. The lowest BCUT2D eigenvalue weighted by atomic mass is 10.1. The van der Waals surface area contributed by atoms with Gasteiger partial charge in [0.05, 0.1) is 9.26 Å². The molecule has 116 valence electrons. The molecular weight excluding hydrogens is 359 g/mol.